The summed E-state index contributed by atoms with van der Waals surface area (Å²) >= 11 is 0. The molecule has 33 nitrogen and oxygen atoms in total. The second-order valence-electron chi connectivity index (χ2n) is 38.7. The third-order valence-corrected chi connectivity index (χ3v) is 26.3. The summed E-state index contributed by atoms with van der Waals surface area (Å²) in [4.78, 5) is 148. The quantitative estimate of drug-likeness (QED) is 0.0687. The van der Waals surface area contributed by atoms with Gasteiger partial charge in [-0.05, 0) is 135 Å². The maximum Gasteiger partial charge on any atom is 0.408 e. The number of rotatable bonds is 9. The van der Waals surface area contributed by atoms with E-state index < -0.39 is 215 Å². The Labute approximate surface area is 815 Å². The number of alkyl carbamates (subject to hydrolysis) is 3. The van der Waals surface area contributed by atoms with Crippen LogP contribution in [0, 0.1) is 51.8 Å². The number of benzene rings is 3. The second kappa shape index (κ2) is 44.0. The van der Waals surface area contributed by atoms with Crippen molar-refractivity contribution in [1.82, 2.24) is 60.6 Å². The number of halogens is 6. The van der Waals surface area contributed by atoms with Gasteiger partial charge in [-0.2, -0.15) is 26.3 Å². The van der Waals surface area contributed by atoms with Crippen LogP contribution in [0.3, 0.4) is 0 Å². The molecular weight excluding hydrogens is 1890 g/mol. The summed E-state index contributed by atoms with van der Waals surface area (Å²) in [6.45, 7) is 20.0. The number of nitrogens with one attached hydrogen (secondary N) is 3. The fraction of sp³-hybridized carbons (Fsp3) is 0.645. The van der Waals surface area contributed by atoms with E-state index in [0.717, 1.165) is 12.8 Å². The molecule has 6 bridgehead atoms. The van der Waals surface area contributed by atoms with Gasteiger partial charge in [0.05, 0.1) is 74.1 Å². The van der Waals surface area contributed by atoms with Crippen molar-refractivity contribution in [3.8, 4) is 34.9 Å². The van der Waals surface area contributed by atoms with E-state index in [0.29, 0.717) is 75.0 Å². The molecule has 6 aliphatic heterocycles. The normalized spacial score (nSPS) is 29.4. The minimum Gasteiger partial charge on any atom is -0.540 e. The van der Waals surface area contributed by atoms with Gasteiger partial charge in [0, 0.05) is 106 Å². The fourth-order valence-electron chi connectivity index (χ4n) is 18.4. The molecule has 15 rings (SSSR count). The largest absolute Gasteiger partial charge is 0.540 e. The van der Waals surface area contributed by atoms with E-state index in [1.54, 1.807) is 119 Å². The Morgan fingerprint density at radius 3 is 1.07 bits per heavy atom. The Hall–Kier alpha value is -9.08. The van der Waals surface area contributed by atoms with Crippen LogP contribution in [0.4, 0.5) is 40.7 Å². The number of aromatic nitrogens is 6. The number of nitrogens with zero attached hydrogens (tertiary/aromatic N) is 9. The molecule has 135 heavy (non-hydrogen) atoms. The Bertz CT molecular complexity index is 5260. The number of carbonyl (C=O) groups excluding carboxylic acids is 9. The second-order valence-corrected chi connectivity index (χ2v) is 38.7. The van der Waals surface area contributed by atoms with Gasteiger partial charge in [-0.15, -0.1) is 0 Å². The van der Waals surface area contributed by atoms with Gasteiger partial charge < -0.3 is 102 Å². The van der Waals surface area contributed by atoms with E-state index in [1.807, 2.05) is 25.8 Å². The first-order chi connectivity index (χ1) is 62.4. The zero-order valence-corrected chi connectivity index (χ0v) is 82.6. The smallest absolute Gasteiger partial charge is 0.408 e. The molecule has 3 aromatic heterocycles. The summed E-state index contributed by atoms with van der Waals surface area (Å²) in [5.41, 5.74) is -3.76. The number of methoxy groups -OCH3 is 3. The number of ether oxygens (including phenoxy) is 12. The molecule has 3 aromatic carbocycles. The van der Waals surface area contributed by atoms with Crippen LogP contribution in [0.1, 0.15) is 178 Å². The average molecular weight is 2010 g/mol. The summed E-state index contributed by atoms with van der Waals surface area (Å²) in [6.07, 6.45) is 5.64. The van der Waals surface area contributed by atoms with Crippen LogP contribution in [0.2, 0.25) is 0 Å². The number of hydrogen-bond donors (Lipinski definition) is 3. The molecule has 18 atom stereocenters. The van der Waals surface area contributed by atoms with Crippen molar-refractivity contribution in [1.29, 1.82) is 0 Å². The first kappa shape index (κ1) is 108. The predicted molar refractivity (Wildman–Crippen MR) is 463 cm³/mol. The Kier molecular flexibility index (Phi) is 35.1. The monoisotopic (exact) mass is 2000 g/mol. The van der Waals surface area contributed by atoms with Gasteiger partial charge in [0.25, 0.3) is 0 Å². The topological polar surface area (TPSA) is 388 Å². The summed E-state index contributed by atoms with van der Waals surface area (Å²) < 4.78 is 163. The number of amides is 6. The van der Waals surface area contributed by atoms with Crippen molar-refractivity contribution in [2.75, 3.05) is 80.6 Å². The molecule has 6 aromatic rings. The summed E-state index contributed by atoms with van der Waals surface area (Å²) in [5, 5.41) is 8.17. The standard InChI is InChI=1S/C32H41F2N4O7.C31H39F2N4O7.C30H37F2N4O7.3V/c1-6-20-23(16-39)38-15-25(20)44-28-26(35-21-11-10-19(42-5)14-22(21)36-28)32(33,34)17-43-13-12-18-8-7-9-24(18)45-30(41)37-27(29(38)40)31(2,3)4;1-7-19-22(15-38)37-14-23(19)43-26-24(34-20-9-8-18(41-6)12-21(20)35-26)31(32,33)16-42-11-10-17-13-30(17,5)44-28(40)36-25(27(37)39)29(2,3)4;1-6-18-21(14-37)36-13-23(18)42-26-24(33-19-8-7-17(40-5)12-20(19)34-26)30(31,32)15-41-10-9-16-11-22(16)43-28(39)35-25(27(36)38)29(2,3)4;;;/h10-11,14,18,20,23-25,27H,6-9,12-13,15,17H2,1-5H3,(H,37,41);8-9,12,17,19,22-23,25H,7,10-11,13-14,16H2,1-6H3,(H,36,40);7-8,12,16,18,21-23,25H,6,9-11,13,15H2,1-5H3,(H,35,39);;;/q3*-1;;;/t18-,20-,23+,24+,25-,27+;17-,19+,22-,23+,25-,30-;16-,18+,21-,22-,23+,25-;;;/m011.../s1. The van der Waals surface area contributed by atoms with Gasteiger partial charge in [-0.1, -0.05) is 120 Å². The van der Waals surface area contributed by atoms with E-state index in [1.165, 1.54) is 54.2 Å². The molecule has 6 fully saturated rings. The third kappa shape index (κ3) is 24.4. The molecule has 0 unspecified atom stereocenters. The van der Waals surface area contributed by atoms with E-state index in [9.17, 15) is 43.2 Å². The van der Waals surface area contributed by atoms with Crippen LogP contribution in [0.25, 0.3) is 33.1 Å². The molecule has 3 N–H and O–H groups in total. The predicted octanol–water partition coefficient (Wildman–Crippen LogP) is 12.5. The molecule has 9 aliphatic rings. The van der Waals surface area contributed by atoms with E-state index in [4.69, 9.17) is 56.8 Å². The summed E-state index contributed by atoms with van der Waals surface area (Å²) in [7, 11) is 4.42. The fourth-order valence-corrected chi connectivity index (χ4v) is 18.4. The van der Waals surface area contributed by atoms with Crippen molar-refractivity contribution in [3.63, 3.8) is 0 Å². The first-order valence-electron chi connectivity index (χ1n) is 44.9. The number of alkyl halides is 6. The van der Waals surface area contributed by atoms with Crippen molar-refractivity contribution in [2.45, 2.75) is 251 Å². The zero-order chi connectivity index (χ0) is 95.6. The van der Waals surface area contributed by atoms with Crippen LogP contribution in [-0.4, -0.2) is 252 Å². The van der Waals surface area contributed by atoms with Crippen LogP contribution in [0.5, 0.6) is 34.9 Å². The molecule has 3 radical (unpaired) electrons. The van der Waals surface area contributed by atoms with Gasteiger partial charge in [0.1, 0.15) is 91.3 Å². The first-order valence-corrected chi connectivity index (χ1v) is 44.9. The van der Waals surface area contributed by atoms with Gasteiger partial charge >= 0.3 is 36.0 Å². The molecule has 3 aliphatic carbocycles. The van der Waals surface area contributed by atoms with Crippen molar-refractivity contribution in [2.24, 2.45) is 51.8 Å². The van der Waals surface area contributed by atoms with Crippen LogP contribution in [-0.2, 0) is 131 Å². The van der Waals surface area contributed by atoms with E-state index in [-0.39, 0.29) is 146 Å². The minimum atomic E-state index is -3.59. The van der Waals surface area contributed by atoms with Crippen molar-refractivity contribution < 1.29 is 182 Å². The average Bonchev–Trinajstić information content (AvgIpc) is 1.67. The van der Waals surface area contributed by atoms with Crippen molar-refractivity contribution >= 4 is 88.0 Å². The minimum absolute atomic E-state index is 0. The number of fused-ring (bicyclic) bond motifs is 15. The van der Waals surface area contributed by atoms with Crippen molar-refractivity contribution in [3.05, 3.63) is 71.7 Å². The molecule has 0 spiro atoms. The van der Waals surface area contributed by atoms with Gasteiger partial charge in [-0.25, -0.2) is 63.1 Å². The SMILES string of the molecule is CC[C@@H]1[C@@H]2CN(C(=O)[C@H](C(C)(C)C)NC(=O)O[C@@H]3CCC[C@H]3CCOCC(F)(F)c3nc4ccc(OC)cc4nc3O2)[C@@H]1[C-]=O.CC[C@@H]1[C@@H]2CN(C(=O)[C@H](C(C)(C)C)NC(=O)O[C@@H]3C[C@H]3CCOCC(F)(F)c3nc4ccc(OC)cc4nc3O2)[C@@H]1[C-]=O.CC[C@@H]1[C@@H]2CN(C(=O)[C@H](C(C)(C)C)NC(=O)O[C@]3(C)C[C@H]3CCOCC(F)(F)c3nc4ccc(OC)cc4nc3O2)[C@@H]1[C-]=O.[V].[V].[V]. The Balaban J connectivity index is 0.000000207. The van der Waals surface area contributed by atoms with Crippen LogP contribution < -0.4 is 44.4 Å². The molecule has 9 heterocycles. The molecular formula is C93H117F6N12O21V3-3. The molecule has 3 saturated carbocycles. The molecule has 735 valence electrons. The summed E-state index contributed by atoms with van der Waals surface area (Å²) in [6, 6.07) is 7.77. The van der Waals surface area contributed by atoms with Gasteiger partial charge in [0.15, 0.2) is 17.1 Å². The summed E-state index contributed by atoms with van der Waals surface area (Å²) in [5.74, 6) is -14.2. The molecule has 42 heteroatoms. The Morgan fingerprint density at radius 2 is 0.748 bits per heavy atom. The Morgan fingerprint density at radius 1 is 0.422 bits per heavy atom. The maximum atomic E-state index is 15.9. The van der Waals surface area contributed by atoms with Gasteiger partial charge in [-0.3, -0.25) is 14.4 Å². The molecule has 6 amide bonds. The van der Waals surface area contributed by atoms with Gasteiger partial charge in [0.2, 0.25) is 35.4 Å². The molecule has 3 saturated heterocycles. The van der Waals surface area contributed by atoms with E-state index in [2.05, 4.69) is 45.9 Å². The van der Waals surface area contributed by atoms with E-state index >= 15 is 26.3 Å². The van der Waals surface area contributed by atoms with Crippen LogP contribution in [0.15, 0.2) is 54.6 Å². The zero-order valence-electron chi connectivity index (χ0n) is 78.4. The number of hydrogen-bond acceptors (Lipinski definition) is 27. The van der Waals surface area contributed by atoms with Crippen LogP contribution >= 0.6 is 0 Å². The maximum absolute atomic E-state index is 15.9. The number of carbonyl (C=O) groups is 6. The third-order valence-electron chi connectivity index (χ3n) is 26.3.